The largest absolute Gasteiger partial charge is 0.471 e. The van der Waals surface area contributed by atoms with Crippen LogP contribution in [0.5, 0.6) is 0 Å². The van der Waals surface area contributed by atoms with E-state index in [-0.39, 0.29) is 37.5 Å². The Kier molecular flexibility index (Phi) is 7.86. The van der Waals surface area contributed by atoms with Gasteiger partial charge in [0.1, 0.15) is 18.1 Å². The first-order valence-electron chi connectivity index (χ1n) is 12.9. The van der Waals surface area contributed by atoms with E-state index in [0.29, 0.717) is 25.8 Å². The summed E-state index contributed by atoms with van der Waals surface area (Å²) in [6, 6.07) is -3.83. The van der Waals surface area contributed by atoms with Gasteiger partial charge in [-0.2, -0.15) is 18.4 Å². The zero-order valence-electron chi connectivity index (χ0n) is 20.5. The molecule has 4 amide bonds. The summed E-state index contributed by atoms with van der Waals surface area (Å²) >= 11 is 0. The van der Waals surface area contributed by atoms with Crippen LogP contribution in [0.25, 0.3) is 0 Å². The van der Waals surface area contributed by atoms with Gasteiger partial charge in [0.25, 0.3) is 5.92 Å². The van der Waals surface area contributed by atoms with Crippen molar-refractivity contribution in [2.75, 3.05) is 6.54 Å². The summed E-state index contributed by atoms with van der Waals surface area (Å²) in [5.74, 6) is -10.2. The molecule has 2 bridgehead atoms. The molecule has 2 aliphatic carbocycles. The number of fused-ring (bicyclic) bond motifs is 3. The second kappa shape index (κ2) is 10.6. The highest BCUT2D eigenvalue weighted by Crippen LogP contribution is 2.49. The standard InChI is InChI=1S/C24H30F5N5O4/c25-23(26)10-15-4-5-16(23)18(20(36)32-14(11-30)9-13-6-7-31-19(13)35)34(15)21(37)17(8-12-2-1-3-12)33-22(38)24(27,28)29/h12-18H,1-10H2,(H,31,35)(H,32,36)(H,33,38)/t13-,14+,15+,16+,17+,18-/m1/s1. The van der Waals surface area contributed by atoms with E-state index in [2.05, 4.69) is 10.6 Å². The third kappa shape index (κ3) is 5.71. The molecule has 3 saturated heterocycles. The molecule has 0 aromatic heterocycles. The first kappa shape index (κ1) is 28.0. The lowest BCUT2D eigenvalue weighted by Crippen LogP contribution is -2.71. The van der Waals surface area contributed by atoms with E-state index in [1.165, 1.54) is 0 Å². The number of rotatable bonds is 8. The molecule has 9 nitrogen and oxygen atoms in total. The minimum Gasteiger partial charge on any atom is -0.356 e. The van der Waals surface area contributed by atoms with Crippen molar-refractivity contribution in [2.24, 2.45) is 17.8 Å². The molecular weight excluding hydrogens is 517 g/mol. The molecule has 0 aromatic rings. The summed E-state index contributed by atoms with van der Waals surface area (Å²) in [6.07, 6.45) is -3.56. The van der Waals surface area contributed by atoms with Crippen molar-refractivity contribution >= 4 is 23.6 Å². The molecule has 3 N–H and O–H groups in total. The lowest BCUT2D eigenvalue weighted by atomic mass is 9.71. The second-order valence-electron chi connectivity index (χ2n) is 10.8. The Morgan fingerprint density at radius 2 is 1.82 bits per heavy atom. The van der Waals surface area contributed by atoms with Crippen molar-refractivity contribution in [1.29, 1.82) is 5.26 Å². The Hall–Kier alpha value is -2.98. The summed E-state index contributed by atoms with van der Waals surface area (Å²) < 4.78 is 68.9. The number of nitriles is 1. The number of piperidine rings is 2. The maximum atomic E-state index is 14.9. The topological polar surface area (TPSA) is 131 Å². The fourth-order valence-electron chi connectivity index (χ4n) is 6.08. The molecule has 0 unspecified atom stereocenters. The predicted molar refractivity (Wildman–Crippen MR) is 120 cm³/mol. The molecule has 5 fully saturated rings. The molecule has 0 aromatic carbocycles. The van der Waals surface area contributed by atoms with E-state index in [1.807, 2.05) is 6.07 Å². The minimum absolute atomic E-state index is 0.0504. The maximum Gasteiger partial charge on any atom is 0.471 e. The summed E-state index contributed by atoms with van der Waals surface area (Å²) in [7, 11) is 0. The number of carbonyl (C=O) groups excluding carboxylic acids is 4. The smallest absolute Gasteiger partial charge is 0.356 e. The van der Waals surface area contributed by atoms with Crippen molar-refractivity contribution in [1.82, 2.24) is 20.9 Å². The van der Waals surface area contributed by atoms with Crippen molar-refractivity contribution in [2.45, 2.75) is 94.1 Å². The normalized spacial score (nSPS) is 30.0. The Morgan fingerprint density at radius 1 is 1.11 bits per heavy atom. The number of alkyl halides is 5. The molecular formula is C24H30F5N5O4. The minimum atomic E-state index is -5.25. The monoisotopic (exact) mass is 547 g/mol. The number of hydrogen-bond acceptors (Lipinski definition) is 5. The summed E-state index contributed by atoms with van der Waals surface area (Å²) in [4.78, 5) is 51.5. The van der Waals surface area contributed by atoms with E-state index in [9.17, 15) is 46.4 Å². The zero-order valence-corrected chi connectivity index (χ0v) is 20.5. The molecule has 3 aliphatic heterocycles. The van der Waals surface area contributed by atoms with Crippen LogP contribution < -0.4 is 16.0 Å². The second-order valence-corrected chi connectivity index (χ2v) is 10.8. The SMILES string of the molecule is N#C[C@H](C[C@H]1CCNC1=O)NC(=O)[C@H]1[C@@H]2CC[C@@H](CC2(F)F)N1C(=O)[C@H](CC1CCC1)NC(=O)C(F)(F)F. The van der Waals surface area contributed by atoms with E-state index in [4.69, 9.17) is 0 Å². The first-order valence-corrected chi connectivity index (χ1v) is 12.9. The van der Waals surface area contributed by atoms with Gasteiger partial charge in [-0.1, -0.05) is 19.3 Å². The molecule has 2 saturated carbocycles. The number of nitrogens with zero attached hydrogens (tertiary/aromatic N) is 2. The van der Waals surface area contributed by atoms with Gasteiger partial charge in [-0.15, -0.1) is 0 Å². The number of hydrogen-bond donors (Lipinski definition) is 3. The summed E-state index contributed by atoms with van der Waals surface area (Å²) in [6.45, 7) is 0.405. The fraction of sp³-hybridized carbons (Fsp3) is 0.792. The van der Waals surface area contributed by atoms with Gasteiger partial charge in [0.2, 0.25) is 17.7 Å². The average Bonchev–Trinajstić information content (AvgIpc) is 3.21. The molecule has 5 rings (SSSR count). The van der Waals surface area contributed by atoms with Crippen LogP contribution in [0.4, 0.5) is 22.0 Å². The van der Waals surface area contributed by atoms with Crippen LogP contribution in [0.1, 0.15) is 57.8 Å². The Balaban J connectivity index is 1.58. The molecule has 14 heteroatoms. The highest BCUT2D eigenvalue weighted by molar-refractivity contribution is 5.94. The van der Waals surface area contributed by atoms with Crippen LogP contribution >= 0.6 is 0 Å². The first-order chi connectivity index (χ1) is 17.8. The quantitative estimate of drug-likeness (QED) is 0.399. The Bertz CT molecular complexity index is 1010. The van der Waals surface area contributed by atoms with Crippen molar-refractivity contribution < 1.29 is 41.1 Å². The van der Waals surface area contributed by atoms with Crippen LogP contribution in [0.3, 0.4) is 0 Å². The number of amides is 4. The van der Waals surface area contributed by atoms with Crippen LogP contribution in [-0.4, -0.2) is 71.3 Å². The molecule has 210 valence electrons. The van der Waals surface area contributed by atoms with E-state index >= 15 is 0 Å². The number of carbonyl (C=O) groups is 4. The molecule has 3 heterocycles. The lowest BCUT2D eigenvalue weighted by molar-refractivity contribution is -0.196. The van der Waals surface area contributed by atoms with Gasteiger partial charge in [-0.3, -0.25) is 19.2 Å². The molecule has 5 aliphatic rings. The molecule has 0 radical (unpaired) electrons. The van der Waals surface area contributed by atoms with Crippen molar-refractivity contribution in [3.05, 3.63) is 0 Å². The third-order valence-electron chi connectivity index (χ3n) is 8.27. The average molecular weight is 548 g/mol. The number of nitrogens with one attached hydrogen (secondary N) is 3. The van der Waals surface area contributed by atoms with Gasteiger partial charge in [0.05, 0.1) is 12.0 Å². The predicted octanol–water partition coefficient (Wildman–Crippen LogP) is 1.77. The lowest BCUT2D eigenvalue weighted by Gasteiger charge is -2.54. The van der Waals surface area contributed by atoms with Crippen LogP contribution in [0, 0.1) is 29.1 Å². The summed E-state index contributed by atoms with van der Waals surface area (Å²) in [5.41, 5.74) is 0. The van der Waals surface area contributed by atoms with Crippen molar-refractivity contribution in [3.63, 3.8) is 0 Å². The maximum absolute atomic E-state index is 14.9. The van der Waals surface area contributed by atoms with E-state index < -0.39 is 72.2 Å². The Labute approximate surface area is 215 Å². The van der Waals surface area contributed by atoms with Gasteiger partial charge in [-0.05, 0) is 38.0 Å². The fourth-order valence-corrected chi connectivity index (χ4v) is 6.08. The van der Waals surface area contributed by atoms with Crippen LogP contribution in [0.15, 0.2) is 0 Å². The number of halogens is 5. The third-order valence-corrected chi connectivity index (χ3v) is 8.27. The highest BCUT2D eigenvalue weighted by atomic mass is 19.4. The van der Waals surface area contributed by atoms with Gasteiger partial charge in [0.15, 0.2) is 0 Å². The molecule has 6 atom stereocenters. The van der Waals surface area contributed by atoms with Gasteiger partial charge in [0, 0.05) is 24.9 Å². The van der Waals surface area contributed by atoms with Gasteiger partial charge >= 0.3 is 12.1 Å². The van der Waals surface area contributed by atoms with Crippen LogP contribution in [0.2, 0.25) is 0 Å². The van der Waals surface area contributed by atoms with Gasteiger partial charge in [-0.25, -0.2) is 8.78 Å². The van der Waals surface area contributed by atoms with Crippen LogP contribution in [-0.2, 0) is 19.2 Å². The van der Waals surface area contributed by atoms with E-state index in [1.54, 1.807) is 5.32 Å². The van der Waals surface area contributed by atoms with E-state index in [0.717, 1.165) is 11.3 Å². The van der Waals surface area contributed by atoms with Gasteiger partial charge < -0.3 is 20.9 Å². The molecule has 38 heavy (non-hydrogen) atoms. The Morgan fingerprint density at radius 3 is 2.34 bits per heavy atom. The zero-order chi connectivity index (χ0) is 27.8. The highest BCUT2D eigenvalue weighted by Gasteiger charge is 2.61. The summed E-state index contributed by atoms with van der Waals surface area (Å²) in [5, 5.41) is 16.3. The van der Waals surface area contributed by atoms with Crippen molar-refractivity contribution in [3.8, 4) is 6.07 Å². The molecule has 0 spiro atoms.